The number of hydrogen-bond donors (Lipinski definition) is 0. The van der Waals surface area contributed by atoms with Crippen molar-refractivity contribution in [2.45, 2.75) is 20.0 Å². The van der Waals surface area contributed by atoms with Crippen molar-refractivity contribution in [2.75, 3.05) is 0 Å². The van der Waals surface area contributed by atoms with Gasteiger partial charge in [-0.2, -0.15) is 18.3 Å². The average molecular weight is 275 g/mol. The first-order valence-electron chi connectivity index (χ1n) is 5.20. The fourth-order valence-electron chi connectivity index (χ4n) is 1.68. The van der Waals surface area contributed by atoms with Crippen LogP contribution in [0.4, 0.5) is 13.2 Å². The number of hydrogen-bond acceptors (Lipinski definition) is 1. The fourth-order valence-corrected chi connectivity index (χ4v) is 1.85. The molecule has 6 heteroatoms. The van der Waals surface area contributed by atoms with Gasteiger partial charge in [-0.3, -0.25) is 0 Å². The molecule has 1 heterocycles. The standard InChI is InChI=1S/C12H10ClF3N2/c1-7-6-11(12(14,15)16)17-18(7)10-5-3-4-9(13)8(10)2/h3-6H,1-2H3. The highest BCUT2D eigenvalue weighted by molar-refractivity contribution is 6.31. The van der Waals surface area contributed by atoms with E-state index in [-0.39, 0.29) is 0 Å². The molecule has 0 amide bonds. The zero-order chi connectivity index (χ0) is 13.5. The Morgan fingerprint density at radius 2 is 1.89 bits per heavy atom. The Kier molecular flexibility index (Phi) is 3.11. The van der Waals surface area contributed by atoms with Crippen LogP contribution in [-0.4, -0.2) is 9.78 Å². The Hall–Kier alpha value is -1.49. The zero-order valence-corrected chi connectivity index (χ0v) is 10.5. The number of benzene rings is 1. The number of nitrogens with zero attached hydrogens (tertiary/aromatic N) is 2. The first-order chi connectivity index (χ1) is 8.30. The van der Waals surface area contributed by atoms with Crippen LogP contribution in [-0.2, 0) is 6.18 Å². The molecule has 0 unspecified atom stereocenters. The lowest BCUT2D eigenvalue weighted by Crippen LogP contribution is -2.08. The van der Waals surface area contributed by atoms with Gasteiger partial charge in [-0.25, -0.2) is 4.68 Å². The molecule has 0 saturated carbocycles. The Labute approximate surface area is 107 Å². The second-order valence-corrected chi connectivity index (χ2v) is 4.37. The van der Waals surface area contributed by atoms with Crippen LogP contribution in [0.25, 0.3) is 5.69 Å². The number of halogens is 4. The molecule has 0 N–H and O–H groups in total. The average Bonchev–Trinajstić information content (AvgIpc) is 2.64. The lowest BCUT2D eigenvalue weighted by molar-refractivity contribution is -0.141. The normalized spacial score (nSPS) is 11.9. The highest BCUT2D eigenvalue weighted by Crippen LogP contribution is 2.30. The van der Waals surface area contributed by atoms with Gasteiger partial charge in [0.15, 0.2) is 5.69 Å². The molecular weight excluding hydrogens is 265 g/mol. The quantitative estimate of drug-likeness (QED) is 0.763. The van der Waals surface area contributed by atoms with Gasteiger partial charge in [-0.1, -0.05) is 17.7 Å². The highest BCUT2D eigenvalue weighted by Gasteiger charge is 2.34. The van der Waals surface area contributed by atoms with Crippen LogP contribution < -0.4 is 0 Å². The van der Waals surface area contributed by atoms with Crippen LogP contribution in [0.5, 0.6) is 0 Å². The summed E-state index contributed by atoms with van der Waals surface area (Å²) in [6.07, 6.45) is -4.44. The van der Waals surface area contributed by atoms with Crippen molar-refractivity contribution in [3.8, 4) is 5.69 Å². The van der Waals surface area contributed by atoms with E-state index >= 15 is 0 Å². The van der Waals surface area contributed by atoms with E-state index in [0.717, 1.165) is 6.07 Å². The summed E-state index contributed by atoms with van der Waals surface area (Å²) in [6.45, 7) is 3.31. The van der Waals surface area contributed by atoms with Crippen molar-refractivity contribution >= 4 is 11.6 Å². The van der Waals surface area contributed by atoms with Gasteiger partial charge in [0.2, 0.25) is 0 Å². The number of alkyl halides is 3. The van der Waals surface area contributed by atoms with Crippen LogP contribution in [0.1, 0.15) is 17.0 Å². The van der Waals surface area contributed by atoms with Gasteiger partial charge in [0.05, 0.1) is 5.69 Å². The Morgan fingerprint density at radius 1 is 1.22 bits per heavy atom. The molecular formula is C12H10ClF3N2. The second-order valence-electron chi connectivity index (χ2n) is 3.96. The SMILES string of the molecule is Cc1c(Cl)cccc1-n1nc(C(F)(F)F)cc1C. The van der Waals surface area contributed by atoms with E-state index in [1.165, 1.54) is 4.68 Å². The van der Waals surface area contributed by atoms with Crippen LogP contribution in [0.3, 0.4) is 0 Å². The molecule has 0 spiro atoms. The fraction of sp³-hybridized carbons (Fsp3) is 0.250. The molecule has 2 nitrogen and oxygen atoms in total. The van der Waals surface area contributed by atoms with Crippen molar-refractivity contribution in [1.82, 2.24) is 9.78 Å². The summed E-state index contributed by atoms with van der Waals surface area (Å²) in [5, 5.41) is 4.08. The van der Waals surface area contributed by atoms with Crippen molar-refractivity contribution in [1.29, 1.82) is 0 Å². The summed E-state index contributed by atoms with van der Waals surface area (Å²) < 4.78 is 39.0. The third-order valence-electron chi connectivity index (χ3n) is 2.65. The van der Waals surface area contributed by atoms with Crippen molar-refractivity contribution < 1.29 is 13.2 Å². The van der Waals surface area contributed by atoms with Gasteiger partial charge in [-0.15, -0.1) is 0 Å². The van der Waals surface area contributed by atoms with Gasteiger partial charge in [0.1, 0.15) is 0 Å². The minimum Gasteiger partial charge on any atom is -0.237 e. The van der Waals surface area contributed by atoms with E-state index in [9.17, 15) is 13.2 Å². The Bertz CT molecular complexity index is 587. The molecule has 1 aromatic carbocycles. The van der Waals surface area contributed by atoms with Crippen molar-refractivity contribution in [3.05, 3.63) is 46.2 Å². The first-order valence-corrected chi connectivity index (χ1v) is 5.58. The predicted octanol–water partition coefficient (Wildman–Crippen LogP) is 4.16. The van der Waals surface area contributed by atoms with E-state index in [0.29, 0.717) is 22.0 Å². The molecule has 1 aromatic heterocycles. The van der Waals surface area contributed by atoms with Gasteiger partial charge in [0, 0.05) is 10.7 Å². The van der Waals surface area contributed by atoms with Crippen LogP contribution in [0.2, 0.25) is 5.02 Å². The summed E-state index contributed by atoms with van der Waals surface area (Å²) in [4.78, 5) is 0. The van der Waals surface area contributed by atoms with E-state index in [1.807, 2.05) is 0 Å². The second kappa shape index (κ2) is 4.31. The minimum absolute atomic E-state index is 0.410. The Morgan fingerprint density at radius 3 is 2.44 bits per heavy atom. The largest absolute Gasteiger partial charge is 0.435 e. The molecule has 0 bridgehead atoms. The lowest BCUT2D eigenvalue weighted by atomic mass is 10.2. The van der Waals surface area contributed by atoms with E-state index in [2.05, 4.69) is 5.10 Å². The molecule has 2 rings (SSSR count). The molecule has 0 aliphatic rings. The highest BCUT2D eigenvalue weighted by atomic mass is 35.5. The number of rotatable bonds is 1. The zero-order valence-electron chi connectivity index (χ0n) is 9.72. The van der Waals surface area contributed by atoms with E-state index in [4.69, 9.17) is 11.6 Å². The van der Waals surface area contributed by atoms with E-state index in [1.54, 1.807) is 32.0 Å². The molecule has 0 atom stereocenters. The monoisotopic (exact) mass is 274 g/mol. The van der Waals surface area contributed by atoms with Crippen LogP contribution in [0, 0.1) is 13.8 Å². The topological polar surface area (TPSA) is 17.8 Å². The molecule has 0 aliphatic heterocycles. The van der Waals surface area contributed by atoms with Gasteiger partial charge in [0.25, 0.3) is 0 Å². The maximum absolute atomic E-state index is 12.6. The Balaban J connectivity index is 2.58. The van der Waals surface area contributed by atoms with E-state index < -0.39 is 11.9 Å². The molecule has 0 saturated heterocycles. The summed E-state index contributed by atoms with van der Waals surface area (Å²) in [5.41, 5.74) is 0.752. The third-order valence-corrected chi connectivity index (χ3v) is 3.05. The molecule has 0 fully saturated rings. The third kappa shape index (κ3) is 2.22. The van der Waals surface area contributed by atoms with Crippen LogP contribution >= 0.6 is 11.6 Å². The molecule has 2 aromatic rings. The summed E-state index contributed by atoms with van der Waals surface area (Å²) in [6, 6.07) is 6.06. The molecule has 0 radical (unpaired) electrons. The van der Waals surface area contributed by atoms with Gasteiger partial charge in [-0.05, 0) is 37.6 Å². The summed E-state index contributed by atoms with van der Waals surface area (Å²) in [5.74, 6) is 0. The summed E-state index contributed by atoms with van der Waals surface area (Å²) in [7, 11) is 0. The maximum Gasteiger partial charge on any atom is 0.435 e. The van der Waals surface area contributed by atoms with Crippen molar-refractivity contribution in [2.24, 2.45) is 0 Å². The summed E-state index contributed by atoms with van der Waals surface area (Å²) >= 11 is 5.95. The number of aryl methyl sites for hydroxylation is 1. The predicted molar refractivity (Wildman–Crippen MR) is 63.1 cm³/mol. The first kappa shape index (κ1) is 13.0. The molecule has 18 heavy (non-hydrogen) atoms. The van der Waals surface area contributed by atoms with Gasteiger partial charge >= 0.3 is 6.18 Å². The lowest BCUT2D eigenvalue weighted by Gasteiger charge is -2.09. The molecule has 96 valence electrons. The molecule has 0 aliphatic carbocycles. The number of aromatic nitrogens is 2. The maximum atomic E-state index is 12.6. The minimum atomic E-state index is -4.44. The van der Waals surface area contributed by atoms with Gasteiger partial charge < -0.3 is 0 Å². The smallest absolute Gasteiger partial charge is 0.237 e. The van der Waals surface area contributed by atoms with Crippen LogP contribution in [0.15, 0.2) is 24.3 Å². The van der Waals surface area contributed by atoms with Crippen molar-refractivity contribution in [3.63, 3.8) is 0 Å².